The van der Waals surface area contributed by atoms with Crippen LogP contribution >= 0.6 is 0 Å². The average Bonchev–Trinajstić information content (AvgIpc) is 2.88. The zero-order valence-electron chi connectivity index (χ0n) is 11.7. The van der Waals surface area contributed by atoms with E-state index >= 15 is 0 Å². The molecule has 0 unspecified atom stereocenters. The summed E-state index contributed by atoms with van der Waals surface area (Å²) in [5, 5.41) is 8.71. The maximum atomic E-state index is 14.1. The molecule has 1 aliphatic carbocycles. The fraction of sp³-hybridized carbons (Fsp3) is 0.438. The summed E-state index contributed by atoms with van der Waals surface area (Å²) in [7, 11) is 1.87. The number of carboxylic acids is 1. The first kappa shape index (κ1) is 14.6. The fourth-order valence-corrected chi connectivity index (χ4v) is 2.90. The molecule has 0 heterocycles. The summed E-state index contributed by atoms with van der Waals surface area (Å²) in [6.07, 6.45) is 7.38. The van der Waals surface area contributed by atoms with Crippen LogP contribution in [-0.2, 0) is 4.79 Å². The smallest absolute Gasteiger partial charge is 0.328 e. The van der Waals surface area contributed by atoms with E-state index in [1.807, 2.05) is 11.9 Å². The Bertz CT molecular complexity index is 507. The minimum absolute atomic E-state index is 0.307. The zero-order valence-corrected chi connectivity index (χ0v) is 11.7. The molecule has 1 aromatic rings. The average molecular weight is 277 g/mol. The van der Waals surface area contributed by atoms with E-state index in [4.69, 9.17) is 5.11 Å². The van der Waals surface area contributed by atoms with Crippen molar-refractivity contribution in [3.05, 3.63) is 35.7 Å². The SMILES string of the molecule is CN(CC1CCCC1)c1c(F)cccc1/C=C/C(=O)O. The molecule has 1 fully saturated rings. The number of benzene rings is 1. The highest BCUT2D eigenvalue weighted by Crippen LogP contribution is 2.30. The standard InChI is InChI=1S/C16H20FNO2/c1-18(11-12-5-2-3-6-12)16-13(9-10-15(19)20)7-4-8-14(16)17/h4,7-10,12H,2-3,5-6,11H2,1H3,(H,19,20)/b10-9+. The Morgan fingerprint density at radius 2 is 2.15 bits per heavy atom. The van der Waals surface area contributed by atoms with E-state index in [1.54, 1.807) is 12.1 Å². The van der Waals surface area contributed by atoms with Gasteiger partial charge in [-0.25, -0.2) is 9.18 Å². The minimum atomic E-state index is -1.03. The van der Waals surface area contributed by atoms with Crippen LogP contribution in [0.1, 0.15) is 31.2 Å². The first-order valence-corrected chi connectivity index (χ1v) is 6.98. The summed E-state index contributed by atoms with van der Waals surface area (Å²) in [6, 6.07) is 4.76. The Hall–Kier alpha value is -1.84. The molecule has 1 saturated carbocycles. The molecule has 1 N–H and O–H groups in total. The molecule has 0 saturated heterocycles. The number of rotatable bonds is 5. The van der Waals surface area contributed by atoms with Crippen LogP contribution in [0.5, 0.6) is 0 Å². The predicted molar refractivity (Wildman–Crippen MR) is 78.3 cm³/mol. The fourth-order valence-electron chi connectivity index (χ4n) is 2.90. The first-order chi connectivity index (χ1) is 9.58. The lowest BCUT2D eigenvalue weighted by molar-refractivity contribution is -0.131. The van der Waals surface area contributed by atoms with Gasteiger partial charge in [0.2, 0.25) is 0 Å². The van der Waals surface area contributed by atoms with Gasteiger partial charge < -0.3 is 10.0 Å². The van der Waals surface area contributed by atoms with Gasteiger partial charge in [-0.3, -0.25) is 0 Å². The number of para-hydroxylation sites is 1. The normalized spacial score (nSPS) is 15.9. The van der Waals surface area contributed by atoms with Gasteiger partial charge >= 0.3 is 5.97 Å². The number of anilines is 1. The van der Waals surface area contributed by atoms with Gasteiger partial charge in [-0.15, -0.1) is 0 Å². The molecule has 0 atom stereocenters. The molecular formula is C16H20FNO2. The van der Waals surface area contributed by atoms with Gasteiger partial charge in [-0.05, 0) is 30.9 Å². The summed E-state index contributed by atoms with van der Waals surface area (Å²) in [5.41, 5.74) is 1.09. The van der Waals surface area contributed by atoms with Gasteiger partial charge in [-0.2, -0.15) is 0 Å². The highest BCUT2D eigenvalue weighted by atomic mass is 19.1. The summed E-state index contributed by atoms with van der Waals surface area (Å²) in [4.78, 5) is 12.5. The van der Waals surface area contributed by atoms with Crippen molar-refractivity contribution >= 4 is 17.7 Å². The lowest BCUT2D eigenvalue weighted by atomic mass is 10.1. The number of hydrogen-bond donors (Lipinski definition) is 1. The zero-order chi connectivity index (χ0) is 14.5. The second-order valence-electron chi connectivity index (χ2n) is 5.38. The van der Waals surface area contributed by atoms with Crippen LogP contribution in [0, 0.1) is 11.7 Å². The Kier molecular flexibility index (Phi) is 4.77. The Morgan fingerprint density at radius 3 is 2.80 bits per heavy atom. The van der Waals surface area contributed by atoms with Crippen LogP contribution in [0.15, 0.2) is 24.3 Å². The molecule has 1 aromatic carbocycles. The lowest BCUT2D eigenvalue weighted by Crippen LogP contribution is -2.25. The van der Waals surface area contributed by atoms with Crippen molar-refractivity contribution in [2.45, 2.75) is 25.7 Å². The van der Waals surface area contributed by atoms with Crippen molar-refractivity contribution in [1.82, 2.24) is 0 Å². The molecule has 0 amide bonds. The van der Waals surface area contributed by atoms with Gasteiger partial charge in [0.15, 0.2) is 0 Å². The van der Waals surface area contributed by atoms with Crippen LogP contribution in [0.4, 0.5) is 10.1 Å². The molecule has 108 valence electrons. The number of nitrogens with zero attached hydrogens (tertiary/aromatic N) is 1. The molecule has 0 aliphatic heterocycles. The highest BCUT2D eigenvalue weighted by Gasteiger charge is 2.19. The monoisotopic (exact) mass is 277 g/mol. The number of aliphatic carboxylic acids is 1. The van der Waals surface area contributed by atoms with Gasteiger partial charge in [0, 0.05) is 25.2 Å². The maximum absolute atomic E-state index is 14.1. The van der Waals surface area contributed by atoms with Crippen molar-refractivity contribution in [2.75, 3.05) is 18.5 Å². The predicted octanol–water partition coefficient (Wildman–Crippen LogP) is 3.55. The van der Waals surface area contributed by atoms with Crippen LogP contribution in [0.2, 0.25) is 0 Å². The van der Waals surface area contributed by atoms with E-state index in [1.165, 1.54) is 37.8 Å². The third kappa shape index (κ3) is 3.59. The third-order valence-electron chi connectivity index (χ3n) is 3.81. The second-order valence-corrected chi connectivity index (χ2v) is 5.38. The molecule has 0 aromatic heterocycles. The molecule has 3 nitrogen and oxygen atoms in total. The quantitative estimate of drug-likeness (QED) is 0.837. The van der Waals surface area contributed by atoms with Crippen LogP contribution in [-0.4, -0.2) is 24.7 Å². The van der Waals surface area contributed by atoms with Crippen molar-refractivity contribution in [2.24, 2.45) is 5.92 Å². The Balaban J connectivity index is 2.21. The van der Waals surface area contributed by atoms with Gasteiger partial charge in [0.05, 0.1) is 5.69 Å². The molecule has 0 spiro atoms. The van der Waals surface area contributed by atoms with E-state index < -0.39 is 5.97 Å². The lowest BCUT2D eigenvalue weighted by Gasteiger charge is -2.25. The van der Waals surface area contributed by atoms with Gasteiger partial charge in [-0.1, -0.05) is 25.0 Å². The van der Waals surface area contributed by atoms with E-state index in [-0.39, 0.29) is 5.82 Å². The molecule has 1 aliphatic rings. The summed E-state index contributed by atoms with van der Waals surface area (Å²) < 4.78 is 14.1. The highest BCUT2D eigenvalue weighted by molar-refractivity contribution is 5.87. The van der Waals surface area contributed by atoms with E-state index in [9.17, 15) is 9.18 Å². The van der Waals surface area contributed by atoms with Gasteiger partial charge in [0.25, 0.3) is 0 Å². The Morgan fingerprint density at radius 1 is 1.45 bits per heavy atom. The number of halogens is 1. The van der Waals surface area contributed by atoms with Crippen LogP contribution in [0.25, 0.3) is 6.08 Å². The van der Waals surface area contributed by atoms with Crippen molar-refractivity contribution in [3.63, 3.8) is 0 Å². The summed E-state index contributed by atoms with van der Waals surface area (Å²) in [5.74, 6) is -0.729. The van der Waals surface area contributed by atoms with Crippen molar-refractivity contribution in [1.29, 1.82) is 0 Å². The molecule has 0 bridgehead atoms. The third-order valence-corrected chi connectivity index (χ3v) is 3.81. The largest absolute Gasteiger partial charge is 0.478 e. The van der Waals surface area contributed by atoms with Crippen LogP contribution < -0.4 is 4.90 Å². The minimum Gasteiger partial charge on any atom is -0.478 e. The van der Waals surface area contributed by atoms with Gasteiger partial charge in [0.1, 0.15) is 5.82 Å². The number of carbonyl (C=O) groups is 1. The first-order valence-electron chi connectivity index (χ1n) is 6.98. The van der Waals surface area contributed by atoms with Crippen molar-refractivity contribution < 1.29 is 14.3 Å². The van der Waals surface area contributed by atoms with E-state index in [2.05, 4.69) is 0 Å². The van der Waals surface area contributed by atoms with E-state index in [0.717, 1.165) is 12.6 Å². The molecule has 4 heteroatoms. The number of carboxylic acid groups (broad SMARTS) is 1. The Labute approximate surface area is 118 Å². The van der Waals surface area contributed by atoms with E-state index in [0.29, 0.717) is 17.2 Å². The molecule has 0 radical (unpaired) electrons. The summed E-state index contributed by atoms with van der Waals surface area (Å²) >= 11 is 0. The number of hydrogen-bond acceptors (Lipinski definition) is 2. The summed E-state index contributed by atoms with van der Waals surface area (Å²) in [6.45, 7) is 0.814. The molecular weight excluding hydrogens is 257 g/mol. The van der Waals surface area contributed by atoms with Crippen LogP contribution in [0.3, 0.4) is 0 Å². The second kappa shape index (κ2) is 6.55. The molecule has 20 heavy (non-hydrogen) atoms. The van der Waals surface area contributed by atoms with Crippen molar-refractivity contribution in [3.8, 4) is 0 Å². The topological polar surface area (TPSA) is 40.5 Å². The maximum Gasteiger partial charge on any atom is 0.328 e. The molecule has 2 rings (SSSR count).